The van der Waals surface area contributed by atoms with E-state index in [2.05, 4.69) is 0 Å². The van der Waals surface area contributed by atoms with Crippen LogP contribution in [0.15, 0.2) is 24.3 Å². The zero-order valence-electron chi connectivity index (χ0n) is 8.96. The number of rotatable bonds is 1. The lowest BCUT2D eigenvalue weighted by molar-refractivity contribution is 0.508. The van der Waals surface area contributed by atoms with Crippen LogP contribution in [0.3, 0.4) is 0 Å². The summed E-state index contributed by atoms with van der Waals surface area (Å²) in [4.78, 5) is 0. The fraction of sp³-hybridized carbons (Fsp3) is 0.385. The maximum Gasteiger partial charge on any atom is 0.181 e. The molecule has 0 bridgehead atoms. The van der Waals surface area contributed by atoms with Crippen LogP contribution < -0.4 is 0 Å². The molecular weight excluding hydrogens is 212 g/mol. The van der Waals surface area contributed by atoms with Gasteiger partial charge in [-0.25, -0.2) is 0 Å². The molecule has 0 aromatic carbocycles. The minimum Gasteiger partial charge on any atom is -0.196 e. The number of hydrogen-bond donors (Lipinski definition) is 0. The molecule has 0 spiro atoms. The lowest BCUT2D eigenvalue weighted by Crippen LogP contribution is -2.07. The summed E-state index contributed by atoms with van der Waals surface area (Å²) in [6.45, 7) is 0. The molecule has 0 N–H and O–H groups in total. The van der Waals surface area contributed by atoms with Crippen molar-refractivity contribution in [3.63, 3.8) is 0 Å². The number of allylic oxidation sites excluding steroid dienone is 4. The minimum atomic E-state index is -1.48. The summed E-state index contributed by atoms with van der Waals surface area (Å²) < 4.78 is 0. The van der Waals surface area contributed by atoms with Gasteiger partial charge in [-0.2, -0.15) is 21.0 Å². The Bertz CT molecular complexity index is 505. The van der Waals surface area contributed by atoms with Crippen molar-refractivity contribution >= 4 is 0 Å². The third-order valence-electron chi connectivity index (χ3n) is 3.62. The van der Waals surface area contributed by atoms with Gasteiger partial charge in [0.15, 0.2) is 10.8 Å². The molecule has 4 nitrogen and oxygen atoms in total. The molecule has 2 rings (SSSR count). The molecule has 1 unspecified atom stereocenters. The van der Waals surface area contributed by atoms with Crippen LogP contribution in [0, 0.1) is 68.0 Å². The summed E-state index contributed by atoms with van der Waals surface area (Å²) in [5.74, 6) is -0.597. The predicted octanol–water partition coefficient (Wildman–Crippen LogP) is 1.82. The lowest BCUT2D eigenvalue weighted by atomic mass is 9.90. The maximum atomic E-state index is 9.14. The van der Waals surface area contributed by atoms with E-state index in [4.69, 9.17) is 21.0 Å². The quantitative estimate of drug-likeness (QED) is 0.673. The highest BCUT2D eigenvalue weighted by Gasteiger charge is 2.82. The molecule has 0 saturated heterocycles. The highest BCUT2D eigenvalue weighted by atomic mass is 14.8. The molecule has 1 saturated carbocycles. The molecular formula is C13H8N4. The normalized spacial score (nSPS) is 27.2. The Morgan fingerprint density at radius 2 is 1.41 bits per heavy atom. The van der Waals surface area contributed by atoms with E-state index >= 15 is 0 Å². The van der Waals surface area contributed by atoms with E-state index < -0.39 is 16.7 Å². The first-order valence-electron chi connectivity index (χ1n) is 5.20. The van der Waals surface area contributed by atoms with Crippen LogP contribution in [-0.4, -0.2) is 0 Å². The van der Waals surface area contributed by atoms with Crippen LogP contribution >= 0.6 is 0 Å². The van der Waals surface area contributed by atoms with E-state index in [1.165, 1.54) is 0 Å². The molecule has 2 aliphatic carbocycles. The summed E-state index contributed by atoms with van der Waals surface area (Å²) in [5, 5.41) is 36.6. The average Bonchev–Trinajstić information content (AvgIpc) is 3.02. The Labute approximate surface area is 99.3 Å². The van der Waals surface area contributed by atoms with Crippen LogP contribution in [0.1, 0.15) is 6.42 Å². The van der Waals surface area contributed by atoms with E-state index in [1.807, 2.05) is 48.6 Å². The predicted molar refractivity (Wildman–Crippen MR) is 57.2 cm³/mol. The van der Waals surface area contributed by atoms with Crippen molar-refractivity contribution in [3.8, 4) is 24.3 Å². The molecule has 0 aliphatic heterocycles. The van der Waals surface area contributed by atoms with Crippen LogP contribution in [-0.2, 0) is 0 Å². The maximum absolute atomic E-state index is 9.14. The summed E-state index contributed by atoms with van der Waals surface area (Å²) in [6.07, 6.45) is 8.15. The smallest absolute Gasteiger partial charge is 0.181 e. The van der Waals surface area contributed by atoms with Crippen molar-refractivity contribution in [1.29, 1.82) is 21.0 Å². The Morgan fingerprint density at radius 3 is 1.76 bits per heavy atom. The van der Waals surface area contributed by atoms with E-state index in [-0.39, 0.29) is 5.92 Å². The van der Waals surface area contributed by atoms with Crippen LogP contribution in [0.2, 0.25) is 0 Å². The van der Waals surface area contributed by atoms with Crippen molar-refractivity contribution in [2.24, 2.45) is 22.7 Å². The SMILES string of the molecule is N#CC1(C#N)C(C2C=CC=CC2)C1(C#N)C#N. The van der Waals surface area contributed by atoms with E-state index in [0.29, 0.717) is 6.42 Å². The van der Waals surface area contributed by atoms with Gasteiger partial charge in [-0.15, -0.1) is 0 Å². The molecule has 0 aromatic rings. The third kappa shape index (κ3) is 1.08. The van der Waals surface area contributed by atoms with E-state index in [1.54, 1.807) is 0 Å². The van der Waals surface area contributed by atoms with Gasteiger partial charge in [0.2, 0.25) is 0 Å². The monoisotopic (exact) mass is 220 g/mol. The summed E-state index contributed by atoms with van der Waals surface area (Å²) >= 11 is 0. The Morgan fingerprint density at radius 1 is 0.882 bits per heavy atom. The third-order valence-corrected chi connectivity index (χ3v) is 3.62. The van der Waals surface area contributed by atoms with Gasteiger partial charge in [0.25, 0.3) is 0 Å². The van der Waals surface area contributed by atoms with Crippen molar-refractivity contribution in [1.82, 2.24) is 0 Å². The number of hydrogen-bond acceptors (Lipinski definition) is 4. The van der Waals surface area contributed by atoms with Gasteiger partial charge in [0.1, 0.15) is 0 Å². The minimum absolute atomic E-state index is 0.0846. The molecule has 0 heterocycles. The molecule has 2 aliphatic rings. The second-order valence-electron chi connectivity index (χ2n) is 4.25. The van der Waals surface area contributed by atoms with E-state index in [0.717, 1.165) is 0 Å². The van der Waals surface area contributed by atoms with Gasteiger partial charge in [0, 0.05) is 5.92 Å². The molecule has 80 valence electrons. The second-order valence-corrected chi connectivity index (χ2v) is 4.25. The molecule has 0 aromatic heterocycles. The zero-order chi connectivity index (χ0) is 12.5. The fourth-order valence-corrected chi connectivity index (χ4v) is 2.67. The Balaban J connectivity index is 2.44. The first-order chi connectivity index (χ1) is 8.22. The molecule has 1 fully saturated rings. The second kappa shape index (κ2) is 3.48. The number of nitrogens with zero attached hydrogens (tertiary/aromatic N) is 4. The van der Waals surface area contributed by atoms with Crippen LogP contribution in [0.4, 0.5) is 0 Å². The van der Waals surface area contributed by atoms with Gasteiger partial charge < -0.3 is 0 Å². The van der Waals surface area contributed by atoms with Crippen molar-refractivity contribution in [2.75, 3.05) is 0 Å². The molecule has 17 heavy (non-hydrogen) atoms. The van der Waals surface area contributed by atoms with E-state index in [9.17, 15) is 0 Å². The first kappa shape index (κ1) is 10.9. The molecule has 4 heteroatoms. The Kier molecular flexibility index (Phi) is 2.24. The van der Waals surface area contributed by atoms with Crippen LogP contribution in [0.25, 0.3) is 0 Å². The highest BCUT2D eigenvalue weighted by Crippen LogP contribution is 2.71. The topological polar surface area (TPSA) is 95.2 Å². The average molecular weight is 220 g/mol. The van der Waals surface area contributed by atoms with Gasteiger partial charge in [-0.1, -0.05) is 24.3 Å². The van der Waals surface area contributed by atoms with Gasteiger partial charge in [0.05, 0.1) is 24.3 Å². The van der Waals surface area contributed by atoms with Crippen molar-refractivity contribution in [2.45, 2.75) is 6.42 Å². The molecule has 0 radical (unpaired) electrons. The summed E-state index contributed by atoms with van der Waals surface area (Å²) in [6, 6.07) is 7.51. The summed E-state index contributed by atoms with van der Waals surface area (Å²) in [7, 11) is 0. The van der Waals surface area contributed by atoms with Crippen molar-refractivity contribution in [3.05, 3.63) is 24.3 Å². The summed E-state index contributed by atoms with van der Waals surface area (Å²) in [5.41, 5.74) is -2.95. The largest absolute Gasteiger partial charge is 0.196 e. The highest BCUT2D eigenvalue weighted by molar-refractivity contribution is 5.52. The standard InChI is InChI=1S/C13H8N4/c14-6-12(7-15)11(13(12,8-16)9-17)10-4-2-1-3-5-10/h1-4,10-11H,5H2. The number of nitriles is 4. The lowest BCUT2D eigenvalue weighted by Gasteiger charge is -2.12. The zero-order valence-corrected chi connectivity index (χ0v) is 8.96. The van der Waals surface area contributed by atoms with Crippen molar-refractivity contribution < 1.29 is 0 Å². The first-order valence-corrected chi connectivity index (χ1v) is 5.20. The van der Waals surface area contributed by atoms with Gasteiger partial charge in [-0.3, -0.25) is 0 Å². The molecule has 1 atom stereocenters. The van der Waals surface area contributed by atoms with Crippen LogP contribution in [0.5, 0.6) is 0 Å². The Hall–Kier alpha value is -2.56. The molecule has 0 amide bonds. The van der Waals surface area contributed by atoms with Gasteiger partial charge in [-0.05, 0) is 12.3 Å². The fourth-order valence-electron chi connectivity index (χ4n) is 2.67. The van der Waals surface area contributed by atoms with Gasteiger partial charge >= 0.3 is 0 Å².